The minimum absolute atomic E-state index is 0.130. The third-order valence-corrected chi connectivity index (χ3v) is 5.26. The van der Waals surface area contributed by atoms with Crippen LogP contribution in [0.4, 0.5) is 5.69 Å². The molecule has 3 rings (SSSR count). The van der Waals surface area contributed by atoms with Crippen molar-refractivity contribution in [3.8, 4) is 5.75 Å². The molecule has 1 amide bonds. The van der Waals surface area contributed by atoms with Crippen LogP contribution in [0.3, 0.4) is 0 Å². The van der Waals surface area contributed by atoms with Crippen molar-refractivity contribution in [1.29, 1.82) is 0 Å². The number of hydrogen-bond donors (Lipinski definition) is 1. The molecular formula is C17H12BrNO2S2. The van der Waals surface area contributed by atoms with Crippen molar-refractivity contribution in [3.05, 3.63) is 63.0 Å². The van der Waals surface area contributed by atoms with Crippen LogP contribution in [-0.2, 0) is 4.79 Å². The number of benzene rings is 2. The molecule has 2 aromatic carbocycles. The molecule has 0 spiro atoms. The van der Waals surface area contributed by atoms with Gasteiger partial charge in [-0.15, -0.1) is 0 Å². The SMILES string of the molecule is Cc1cccc(N2C(=O)/C(=C/c3ccc(O)c(Br)c3)SC2=S)c1. The number of aryl methyl sites for hydroxylation is 1. The van der Waals surface area contributed by atoms with E-state index in [0.29, 0.717) is 13.7 Å². The van der Waals surface area contributed by atoms with E-state index in [4.69, 9.17) is 12.2 Å². The molecule has 0 radical (unpaired) electrons. The van der Waals surface area contributed by atoms with Gasteiger partial charge in [0.05, 0.1) is 15.1 Å². The molecule has 2 aromatic rings. The van der Waals surface area contributed by atoms with E-state index in [0.717, 1.165) is 16.8 Å². The van der Waals surface area contributed by atoms with Gasteiger partial charge in [0.15, 0.2) is 4.32 Å². The Morgan fingerprint density at radius 3 is 2.74 bits per heavy atom. The lowest BCUT2D eigenvalue weighted by Gasteiger charge is -2.14. The number of amides is 1. The maximum Gasteiger partial charge on any atom is 0.270 e. The zero-order valence-electron chi connectivity index (χ0n) is 12.1. The Balaban J connectivity index is 1.94. The molecule has 1 aliphatic rings. The zero-order valence-corrected chi connectivity index (χ0v) is 15.3. The molecule has 0 aromatic heterocycles. The summed E-state index contributed by atoms with van der Waals surface area (Å²) in [4.78, 5) is 14.8. The number of rotatable bonds is 2. The molecule has 0 bridgehead atoms. The molecule has 1 N–H and O–H groups in total. The summed E-state index contributed by atoms with van der Waals surface area (Å²) in [6.45, 7) is 1.98. The second-order valence-corrected chi connectivity index (χ2v) is 7.60. The number of phenols is 1. The Morgan fingerprint density at radius 1 is 1.26 bits per heavy atom. The van der Waals surface area contributed by atoms with Gasteiger partial charge in [-0.1, -0.05) is 42.2 Å². The summed E-state index contributed by atoms with van der Waals surface area (Å²) < 4.78 is 1.10. The van der Waals surface area contributed by atoms with E-state index in [9.17, 15) is 9.90 Å². The number of anilines is 1. The number of hydrogen-bond acceptors (Lipinski definition) is 4. The Labute approximate surface area is 152 Å². The van der Waals surface area contributed by atoms with Crippen LogP contribution in [0.15, 0.2) is 51.8 Å². The van der Waals surface area contributed by atoms with E-state index < -0.39 is 0 Å². The average Bonchev–Trinajstić information content (AvgIpc) is 2.77. The molecule has 0 unspecified atom stereocenters. The Bertz CT molecular complexity index is 848. The third-order valence-electron chi connectivity index (χ3n) is 3.32. The standard InChI is InChI=1S/C17H12BrNO2S2/c1-10-3-2-4-12(7-10)19-16(21)15(23-17(19)22)9-11-5-6-14(20)13(18)8-11/h2-9,20H,1H3/b15-9-. The van der Waals surface area contributed by atoms with Gasteiger partial charge in [-0.2, -0.15) is 0 Å². The van der Waals surface area contributed by atoms with E-state index in [2.05, 4.69) is 15.9 Å². The van der Waals surface area contributed by atoms with Crippen LogP contribution in [0, 0.1) is 6.92 Å². The molecule has 0 saturated carbocycles. The van der Waals surface area contributed by atoms with Gasteiger partial charge in [-0.05, 0) is 64.3 Å². The van der Waals surface area contributed by atoms with Gasteiger partial charge in [0.2, 0.25) is 0 Å². The number of thiocarbonyl (C=S) groups is 1. The van der Waals surface area contributed by atoms with Crippen molar-refractivity contribution in [2.24, 2.45) is 0 Å². The molecule has 0 atom stereocenters. The molecule has 116 valence electrons. The van der Waals surface area contributed by atoms with Crippen LogP contribution in [0.1, 0.15) is 11.1 Å². The van der Waals surface area contributed by atoms with Crippen molar-refractivity contribution >= 4 is 61.9 Å². The summed E-state index contributed by atoms with van der Waals surface area (Å²) in [5, 5.41) is 9.55. The molecular weight excluding hydrogens is 394 g/mol. The lowest BCUT2D eigenvalue weighted by atomic mass is 10.2. The molecule has 1 fully saturated rings. The van der Waals surface area contributed by atoms with Crippen molar-refractivity contribution in [2.45, 2.75) is 6.92 Å². The molecule has 3 nitrogen and oxygen atoms in total. The predicted octanol–water partition coefficient (Wildman–Crippen LogP) is 4.87. The topological polar surface area (TPSA) is 40.5 Å². The first-order chi connectivity index (χ1) is 11.0. The highest BCUT2D eigenvalue weighted by molar-refractivity contribution is 9.10. The second-order valence-electron chi connectivity index (χ2n) is 5.07. The summed E-state index contributed by atoms with van der Waals surface area (Å²) in [5.41, 5.74) is 2.67. The number of thioether (sulfide) groups is 1. The maximum atomic E-state index is 12.7. The summed E-state index contributed by atoms with van der Waals surface area (Å²) in [7, 11) is 0. The van der Waals surface area contributed by atoms with Crippen LogP contribution in [0.5, 0.6) is 5.75 Å². The van der Waals surface area contributed by atoms with Crippen LogP contribution in [-0.4, -0.2) is 15.3 Å². The van der Waals surface area contributed by atoms with E-state index >= 15 is 0 Å². The fraction of sp³-hybridized carbons (Fsp3) is 0.0588. The zero-order chi connectivity index (χ0) is 16.6. The Hall–Kier alpha value is -1.63. The highest BCUT2D eigenvalue weighted by atomic mass is 79.9. The predicted molar refractivity (Wildman–Crippen MR) is 103 cm³/mol. The van der Waals surface area contributed by atoms with Crippen LogP contribution < -0.4 is 4.90 Å². The second kappa shape index (κ2) is 6.47. The number of carbonyl (C=O) groups is 1. The first kappa shape index (κ1) is 16.2. The van der Waals surface area contributed by atoms with Crippen LogP contribution in [0.25, 0.3) is 6.08 Å². The Morgan fingerprint density at radius 2 is 2.04 bits per heavy atom. The smallest absolute Gasteiger partial charge is 0.270 e. The summed E-state index contributed by atoms with van der Waals surface area (Å²) >= 11 is 9.91. The normalized spacial score (nSPS) is 16.4. The molecule has 23 heavy (non-hydrogen) atoms. The van der Waals surface area contributed by atoms with Crippen molar-refractivity contribution in [1.82, 2.24) is 0 Å². The first-order valence-electron chi connectivity index (χ1n) is 6.79. The highest BCUT2D eigenvalue weighted by Gasteiger charge is 2.33. The third kappa shape index (κ3) is 3.34. The van der Waals surface area contributed by atoms with Crippen LogP contribution >= 0.6 is 39.9 Å². The van der Waals surface area contributed by atoms with Gasteiger partial charge in [-0.3, -0.25) is 9.69 Å². The molecule has 0 aliphatic carbocycles. The minimum atomic E-state index is -0.130. The quantitative estimate of drug-likeness (QED) is 0.571. The minimum Gasteiger partial charge on any atom is -0.507 e. The Kier molecular flexibility index (Phi) is 4.57. The molecule has 6 heteroatoms. The molecule has 1 saturated heterocycles. The fourth-order valence-corrected chi connectivity index (χ4v) is 3.92. The lowest BCUT2D eigenvalue weighted by molar-refractivity contribution is -0.113. The highest BCUT2D eigenvalue weighted by Crippen LogP contribution is 2.36. The first-order valence-corrected chi connectivity index (χ1v) is 8.80. The number of aromatic hydroxyl groups is 1. The van der Waals surface area contributed by atoms with E-state index in [1.54, 1.807) is 29.2 Å². The van der Waals surface area contributed by atoms with Gasteiger partial charge in [-0.25, -0.2) is 0 Å². The number of phenolic OH excluding ortho intramolecular Hbond substituents is 1. The van der Waals surface area contributed by atoms with Gasteiger partial charge >= 0.3 is 0 Å². The fourth-order valence-electron chi connectivity index (χ4n) is 2.22. The number of nitrogens with zero attached hydrogens (tertiary/aromatic N) is 1. The maximum absolute atomic E-state index is 12.7. The number of halogens is 1. The summed E-state index contributed by atoms with van der Waals surface area (Å²) in [6, 6.07) is 12.8. The summed E-state index contributed by atoms with van der Waals surface area (Å²) in [6.07, 6.45) is 1.78. The van der Waals surface area contributed by atoms with Crippen molar-refractivity contribution < 1.29 is 9.90 Å². The van der Waals surface area contributed by atoms with Crippen molar-refractivity contribution in [2.75, 3.05) is 4.90 Å². The van der Waals surface area contributed by atoms with E-state index in [-0.39, 0.29) is 11.7 Å². The molecule has 1 heterocycles. The van der Waals surface area contributed by atoms with E-state index in [1.807, 2.05) is 31.2 Å². The monoisotopic (exact) mass is 405 g/mol. The van der Waals surface area contributed by atoms with Gasteiger partial charge in [0.1, 0.15) is 5.75 Å². The lowest BCUT2D eigenvalue weighted by Crippen LogP contribution is -2.27. The van der Waals surface area contributed by atoms with Crippen LogP contribution in [0.2, 0.25) is 0 Å². The van der Waals surface area contributed by atoms with Gasteiger partial charge < -0.3 is 5.11 Å². The number of carbonyl (C=O) groups excluding carboxylic acids is 1. The van der Waals surface area contributed by atoms with Crippen molar-refractivity contribution in [3.63, 3.8) is 0 Å². The van der Waals surface area contributed by atoms with Gasteiger partial charge in [0, 0.05) is 0 Å². The summed E-state index contributed by atoms with van der Waals surface area (Å²) in [5.74, 6) is 0.0317. The largest absolute Gasteiger partial charge is 0.507 e. The van der Waals surface area contributed by atoms with E-state index in [1.165, 1.54) is 11.8 Å². The molecule has 1 aliphatic heterocycles. The van der Waals surface area contributed by atoms with Gasteiger partial charge in [0.25, 0.3) is 5.91 Å². The average molecular weight is 406 g/mol.